The normalized spacial score (nSPS) is 12.2. The summed E-state index contributed by atoms with van der Waals surface area (Å²) >= 11 is 0. The molecule has 96 valence electrons. The van der Waals surface area contributed by atoms with E-state index in [1.54, 1.807) is 0 Å². The van der Waals surface area contributed by atoms with Gasteiger partial charge in [0.15, 0.2) is 0 Å². The molecule has 3 nitrogen and oxygen atoms in total. The van der Waals surface area contributed by atoms with E-state index in [0.29, 0.717) is 6.42 Å². The third-order valence-electron chi connectivity index (χ3n) is 2.61. The molecule has 0 bridgehead atoms. The number of benzene rings is 1. The third-order valence-corrected chi connectivity index (χ3v) is 4.28. The fourth-order valence-electron chi connectivity index (χ4n) is 1.75. The standard InChI is InChI=1S/C14H20N2OSi/c1-11(5-3-4-10-15)18-12(2)17-14-8-6-13(16)7-9-14/h6-9,12H,1,3-5,16,18H2,2H3. The highest BCUT2D eigenvalue weighted by atomic mass is 28.2. The quantitative estimate of drug-likeness (QED) is 0.465. The van der Waals surface area contributed by atoms with Gasteiger partial charge in [0.1, 0.15) is 5.75 Å². The van der Waals surface area contributed by atoms with Crippen LogP contribution in [0.15, 0.2) is 36.0 Å². The van der Waals surface area contributed by atoms with Crippen molar-refractivity contribution in [3.8, 4) is 11.8 Å². The molecule has 1 atom stereocenters. The Morgan fingerprint density at radius 2 is 2.17 bits per heavy atom. The summed E-state index contributed by atoms with van der Waals surface area (Å²) < 4.78 is 5.83. The van der Waals surface area contributed by atoms with Crippen molar-refractivity contribution in [2.24, 2.45) is 0 Å². The van der Waals surface area contributed by atoms with Crippen molar-refractivity contribution < 1.29 is 4.74 Å². The van der Waals surface area contributed by atoms with Gasteiger partial charge in [0.25, 0.3) is 0 Å². The van der Waals surface area contributed by atoms with E-state index in [0.717, 1.165) is 24.3 Å². The molecule has 1 aromatic rings. The molecular weight excluding hydrogens is 240 g/mol. The van der Waals surface area contributed by atoms with Crippen LogP contribution in [0.5, 0.6) is 5.75 Å². The van der Waals surface area contributed by atoms with Crippen LogP contribution in [0.1, 0.15) is 26.2 Å². The molecule has 18 heavy (non-hydrogen) atoms. The van der Waals surface area contributed by atoms with E-state index in [-0.39, 0.29) is 5.73 Å². The number of nitrogens with two attached hydrogens (primary N) is 1. The summed E-state index contributed by atoms with van der Waals surface area (Å²) in [4.78, 5) is 0. The topological polar surface area (TPSA) is 59.0 Å². The first-order chi connectivity index (χ1) is 8.61. The van der Waals surface area contributed by atoms with E-state index in [2.05, 4.69) is 19.6 Å². The molecule has 0 aliphatic heterocycles. The number of nitriles is 1. The number of anilines is 1. The predicted molar refractivity (Wildman–Crippen MR) is 78.1 cm³/mol. The Bertz CT molecular complexity index is 422. The first-order valence-electron chi connectivity index (χ1n) is 6.17. The molecule has 0 saturated heterocycles. The molecule has 0 aliphatic carbocycles. The Balaban J connectivity index is 2.33. The molecule has 1 aromatic carbocycles. The summed E-state index contributed by atoms with van der Waals surface area (Å²) in [5.41, 5.74) is 6.59. The Hall–Kier alpha value is -1.73. The highest BCUT2D eigenvalue weighted by Crippen LogP contribution is 2.15. The summed E-state index contributed by atoms with van der Waals surface area (Å²) in [6.45, 7) is 6.16. The summed E-state index contributed by atoms with van der Waals surface area (Å²) in [6, 6.07) is 9.61. The van der Waals surface area contributed by atoms with E-state index < -0.39 is 9.52 Å². The number of rotatable bonds is 7. The van der Waals surface area contributed by atoms with E-state index in [9.17, 15) is 0 Å². The van der Waals surface area contributed by atoms with Crippen LogP contribution in [0.2, 0.25) is 0 Å². The third kappa shape index (κ3) is 5.55. The fraction of sp³-hybridized carbons (Fsp3) is 0.357. The molecule has 4 heteroatoms. The fourth-order valence-corrected chi connectivity index (χ4v) is 3.29. The van der Waals surface area contributed by atoms with E-state index in [1.165, 1.54) is 5.20 Å². The minimum absolute atomic E-state index is 0.225. The van der Waals surface area contributed by atoms with Gasteiger partial charge in [0.05, 0.1) is 21.3 Å². The van der Waals surface area contributed by atoms with Gasteiger partial charge in [0.2, 0.25) is 0 Å². The lowest BCUT2D eigenvalue weighted by atomic mass is 10.2. The van der Waals surface area contributed by atoms with Gasteiger partial charge >= 0.3 is 0 Å². The lowest BCUT2D eigenvalue weighted by Gasteiger charge is -2.15. The number of nitrogen functional groups attached to an aromatic ring is 1. The van der Waals surface area contributed by atoms with Crippen LogP contribution in [-0.2, 0) is 0 Å². The van der Waals surface area contributed by atoms with Gasteiger partial charge in [0, 0.05) is 12.1 Å². The van der Waals surface area contributed by atoms with E-state index in [1.807, 2.05) is 24.3 Å². The average molecular weight is 260 g/mol. The minimum Gasteiger partial charge on any atom is -0.495 e. The van der Waals surface area contributed by atoms with Crippen molar-refractivity contribution in [1.29, 1.82) is 5.26 Å². The van der Waals surface area contributed by atoms with Crippen LogP contribution in [0.3, 0.4) is 0 Å². The van der Waals surface area contributed by atoms with Crippen LogP contribution in [0.4, 0.5) is 5.69 Å². The number of ether oxygens (including phenoxy) is 1. The van der Waals surface area contributed by atoms with Crippen LogP contribution in [0, 0.1) is 11.3 Å². The molecule has 2 N–H and O–H groups in total. The van der Waals surface area contributed by atoms with E-state index >= 15 is 0 Å². The molecule has 0 radical (unpaired) electrons. The van der Waals surface area contributed by atoms with Crippen molar-refractivity contribution in [2.75, 3.05) is 5.73 Å². The van der Waals surface area contributed by atoms with Crippen molar-refractivity contribution >= 4 is 15.2 Å². The smallest absolute Gasteiger partial charge is 0.119 e. The van der Waals surface area contributed by atoms with Crippen molar-refractivity contribution in [2.45, 2.75) is 31.9 Å². The zero-order valence-corrected chi connectivity index (χ0v) is 12.3. The van der Waals surface area contributed by atoms with Crippen LogP contribution in [0.25, 0.3) is 0 Å². The van der Waals surface area contributed by atoms with Gasteiger partial charge in [-0.1, -0.05) is 5.20 Å². The van der Waals surface area contributed by atoms with Gasteiger partial charge in [-0.2, -0.15) is 5.26 Å². The Kier molecular flexibility index (Phi) is 6.02. The second-order valence-corrected chi connectivity index (χ2v) is 7.02. The van der Waals surface area contributed by atoms with Gasteiger partial charge < -0.3 is 10.5 Å². The molecule has 0 heterocycles. The lowest BCUT2D eigenvalue weighted by molar-refractivity contribution is 0.297. The van der Waals surface area contributed by atoms with Crippen LogP contribution in [-0.4, -0.2) is 15.2 Å². The highest BCUT2D eigenvalue weighted by Gasteiger charge is 2.07. The SMILES string of the molecule is C=C(CCCC#N)[SiH2]C(C)Oc1ccc(N)cc1. The first kappa shape index (κ1) is 14.3. The molecule has 1 unspecified atom stereocenters. The highest BCUT2D eigenvalue weighted by molar-refractivity contribution is 6.46. The molecule has 0 spiro atoms. The average Bonchev–Trinajstić information content (AvgIpc) is 2.32. The predicted octanol–water partition coefficient (Wildman–Crippen LogP) is 2.37. The molecule has 1 rings (SSSR count). The molecule has 0 fully saturated rings. The maximum Gasteiger partial charge on any atom is 0.119 e. The van der Waals surface area contributed by atoms with Gasteiger partial charge in [-0.05, 0) is 44.0 Å². The maximum atomic E-state index is 8.48. The Labute approximate surface area is 111 Å². The number of hydrogen-bond donors (Lipinski definition) is 1. The summed E-state index contributed by atoms with van der Waals surface area (Å²) in [6.07, 6.45) is 2.48. The first-order valence-corrected chi connectivity index (χ1v) is 7.70. The van der Waals surface area contributed by atoms with Crippen molar-refractivity contribution in [3.63, 3.8) is 0 Å². The summed E-state index contributed by atoms with van der Waals surface area (Å²) in [5.74, 6) is 0.856. The number of unbranched alkanes of at least 4 members (excludes halogenated alkanes) is 1. The summed E-state index contributed by atoms with van der Waals surface area (Å²) in [7, 11) is -0.479. The number of allylic oxidation sites excluding steroid dienone is 1. The monoisotopic (exact) mass is 260 g/mol. The van der Waals surface area contributed by atoms with Crippen LogP contribution < -0.4 is 10.5 Å². The number of nitrogens with zero attached hydrogens (tertiary/aromatic N) is 1. The van der Waals surface area contributed by atoms with Crippen LogP contribution >= 0.6 is 0 Å². The van der Waals surface area contributed by atoms with Crippen molar-refractivity contribution in [1.82, 2.24) is 0 Å². The molecule has 0 aliphatic rings. The Morgan fingerprint density at radius 1 is 1.50 bits per heavy atom. The molecule has 0 amide bonds. The second kappa shape index (κ2) is 7.57. The molecule has 0 aromatic heterocycles. The second-order valence-electron chi connectivity index (χ2n) is 4.46. The maximum absolute atomic E-state index is 8.48. The van der Waals surface area contributed by atoms with Crippen molar-refractivity contribution in [3.05, 3.63) is 36.0 Å². The van der Waals surface area contributed by atoms with Gasteiger partial charge in [-0.3, -0.25) is 0 Å². The zero-order valence-electron chi connectivity index (χ0n) is 10.9. The van der Waals surface area contributed by atoms with Gasteiger partial charge in [-0.15, -0.1) is 6.58 Å². The molecule has 0 saturated carbocycles. The largest absolute Gasteiger partial charge is 0.495 e. The zero-order chi connectivity index (χ0) is 13.4. The molecular formula is C14H20N2OSi. The number of hydrogen-bond acceptors (Lipinski definition) is 3. The Morgan fingerprint density at radius 3 is 2.78 bits per heavy atom. The van der Waals surface area contributed by atoms with E-state index in [4.69, 9.17) is 15.7 Å². The van der Waals surface area contributed by atoms with Gasteiger partial charge in [-0.25, -0.2) is 0 Å². The minimum atomic E-state index is -0.479. The lowest BCUT2D eigenvalue weighted by Crippen LogP contribution is -2.21. The summed E-state index contributed by atoms with van der Waals surface area (Å²) in [5, 5.41) is 9.75.